The van der Waals surface area contributed by atoms with Crippen LogP contribution in [0.4, 0.5) is 26.4 Å². The summed E-state index contributed by atoms with van der Waals surface area (Å²) in [4.78, 5) is 37.7. The zero-order valence-electron chi connectivity index (χ0n) is 17.0. The second-order valence-electron chi connectivity index (χ2n) is 7.37. The minimum Gasteiger partial charge on any atom is -0.366 e. The number of rotatable bonds is 6. The smallest absolute Gasteiger partial charge is 0.286 e. The van der Waals surface area contributed by atoms with Gasteiger partial charge in [-0.15, -0.1) is 0 Å². The van der Waals surface area contributed by atoms with E-state index in [1.54, 1.807) is 17.0 Å². The van der Waals surface area contributed by atoms with E-state index in [0.29, 0.717) is 23.2 Å². The van der Waals surface area contributed by atoms with Crippen molar-refractivity contribution in [1.82, 2.24) is 15.0 Å². The molecular formula is C21H19F2N7O2. The van der Waals surface area contributed by atoms with Crippen molar-refractivity contribution < 1.29 is 18.4 Å². The lowest BCUT2D eigenvalue weighted by molar-refractivity contribution is 0.0985. The first-order valence-electron chi connectivity index (χ1n) is 9.68. The summed E-state index contributed by atoms with van der Waals surface area (Å²) < 4.78 is 27.7. The third kappa shape index (κ3) is 4.04. The van der Waals surface area contributed by atoms with Gasteiger partial charge in [0, 0.05) is 18.2 Å². The number of benzene rings is 2. The van der Waals surface area contributed by atoms with Crippen LogP contribution < -0.4 is 21.7 Å². The molecule has 4 rings (SSSR count). The Bertz CT molecular complexity index is 1230. The van der Waals surface area contributed by atoms with E-state index >= 15 is 0 Å². The minimum absolute atomic E-state index is 0.0280. The lowest BCUT2D eigenvalue weighted by Crippen LogP contribution is -2.28. The van der Waals surface area contributed by atoms with Gasteiger partial charge in [-0.3, -0.25) is 9.59 Å². The van der Waals surface area contributed by atoms with Gasteiger partial charge in [-0.1, -0.05) is 12.1 Å². The van der Waals surface area contributed by atoms with Crippen LogP contribution in [0.1, 0.15) is 39.0 Å². The molecule has 5 N–H and O–H groups in total. The predicted octanol–water partition coefficient (Wildman–Crippen LogP) is 2.04. The molecule has 1 aromatic heterocycles. The highest BCUT2D eigenvalue weighted by Gasteiger charge is 2.33. The molecular weight excluding hydrogens is 420 g/mol. The molecule has 0 fully saturated rings. The van der Waals surface area contributed by atoms with Crippen LogP contribution >= 0.6 is 0 Å². The summed E-state index contributed by atoms with van der Waals surface area (Å²) in [6, 6.07) is 8.00. The number of aromatic nitrogens is 3. The van der Waals surface area contributed by atoms with Gasteiger partial charge >= 0.3 is 0 Å². The molecule has 1 atom stereocenters. The van der Waals surface area contributed by atoms with Crippen molar-refractivity contribution in [2.45, 2.75) is 25.9 Å². The number of hydrogen-bond acceptors (Lipinski definition) is 7. The molecule has 1 unspecified atom stereocenters. The largest absolute Gasteiger partial charge is 0.366 e. The summed E-state index contributed by atoms with van der Waals surface area (Å²) in [6.07, 6.45) is 0.386. The highest BCUT2D eigenvalue weighted by molar-refractivity contribution is 5.97. The normalized spacial score (nSPS) is 14.8. The number of primary amides is 2. The zero-order valence-corrected chi connectivity index (χ0v) is 17.0. The average Bonchev–Trinajstić information content (AvgIpc) is 3.06. The number of fused-ring (bicyclic) bond motifs is 1. The molecule has 0 aliphatic carbocycles. The molecule has 0 spiro atoms. The average molecular weight is 439 g/mol. The molecule has 9 nitrogen and oxygen atoms in total. The number of amides is 2. The Balaban J connectivity index is 1.74. The second-order valence-corrected chi connectivity index (χ2v) is 7.37. The monoisotopic (exact) mass is 439 g/mol. The van der Waals surface area contributed by atoms with Crippen molar-refractivity contribution in [2.75, 3.05) is 10.2 Å². The van der Waals surface area contributed by atoms with Gasteiger partial charge in [0.05, 0.1) is 5.69 Å². The van der Waals surface area contributed by atoms with Crippen LogP contribution in [0.5, 0.6) is 0 Å². The van der Waals surface area contributed by atoms with Gasteiger partial charge in [0.2, 0.25) is 23.6 Å². The van der Waals surface area contributed by atoms with E-state index in [0.717, 1.165) is 6.07 Å². The van der Waals surface area contributed by atoms with Gasteiger partial charge in [-0.25, -0.2) is 8.78 Å². The highest BCUT2D eigenvalue weighted by Crippen LogP contribution is 2.39. The first kappa shape index (κ1) is 21.1. The molecule has 11 heteroatoms. The summed E-state index contributed by atoms with van der Waals surface area (Å²) in [5, 5.41) is 2.92. The molecule has 2 aromatic carbocycles. The van der Waals surface area contributed by atoms with Crippen LogP contribution in [-0.2, 0) is 13.0 Å². The van der Waals surface area contributed by atoms with Gasteiger partial charge in [-0.2, -0.15) is 15.0 Å². The van der Waals surface area contributed by atoms with E-state index in [1.165, 1.54) is 18.2 Å². The molecule has 1 aliphatic rings. The summed E-state index contributed by atoms with van der Waals surface area (Å²) in [5.74, 6) is -2.90. The number of nitrogens with two attached hydrogens (primary N) is 2. The molecule has 32 heavy (non-hydrogen) atoms. The van der Waals surface area contributed by atoms with Crippen molar-refractivity contribution >= 4 is 29.4 Å². The molecule has 0 bridgehead atoms. The van der Waals surface area contributed by atoms with Crippen LogP contribution in [0.25, 0.3) is 0 Å². The number of hydrogen-bond donors (Lipinski definition) is 3. The quantitative estimate of drug-likeness (QED) is 0.534. The SMILES string of the molecule is CC1Cc2c(C(N)=O)cc(F)cc2N1c1nc(NCc2cccc(F)c2)nc(C(N)=O)n1. The highest BCUT2D eigenvalue weighted by atomic mass is 19.1. The Morgan fingerprint density at radius 2 is 1.88 bits per heavy atom. The van der Waals surface area contributed by atoms with E-state index in [9.17, 15) is 18.4 Å². The van der Waals surface area contributed by atoms with E-state index in [1.807, 2.05) is 6.92 Å². The van der Waals surface area contributed by atoms with Crippen molar-refractivity contribution in [3.8, 4) is 0 Å². The number of anilines is 3. The van der Waals surface area contributed by atoms with E-state index in [4.69, 9.17) is 11.5 Å². The van der Waals surface area contributed by atoms with E-state index in [2.05, 4.69) is 20.3 Å². The van der Waals surface area contributed by atoms with Crippen LogP contribution in [-0.4, -0.2) is 32.8 Å². The van der Waals surface area contributed by atoms with Gasteiger partial charge < -0.3 is 21.7 Å². The lowest BCUT2D eigenvalue weighted by atomic mass is 10.0. The van der Waals surface area contributed by atoms with Crippen molar-refractivity contribution in [3.63, 3.8) is 0 Å². The molecule has 3 aromatic rings. The van der Waals surface area contributed by atoms with Crippen LogP contribution in [0, 0.1) is 11.6 Å². The summed E-state index contributed by atoms with van der Waals surface area (Å²) >= 11 is 0. The van der Waals surface area contributed by atoms with E-state index < -0.39 is 23.4 Å². The standard InChI is InChI=1S/C21H19F2N7O2/c1-10-5-14-15(17(24)31)7-13(23)8-16(14)30(10)21-28-19(18(25)32)27-20(29-21)26-9-11-3-2-4-12(22)6-11/h2-4,6-8,10H,5,9H2,1H3,(H2,24,31)(H2,25,32)(H,26,27,28,29). The van der Waals surface area contributed by atoms with Gasteiger partial charge in [0.25, 0.3) is 5.91 Å². The Morgan fingerprint density at radius 1 is 1.09 bits per heavy atom. The van der Waals surface area contributed by atoms with Crippen LogP contribution in [0.2, 0.25) is 0 Å². The van der Waals surface area contributed by atoms with Crippen molar-refractivity contribution in [3.05, 3.63) is 70.5 Å². The molecule has 0 saturated carbocycles. The van der Waals surface area contributed by atoms with Crippen molar-refractivity contribution in [1.29, 1.82) is 0 Å². The third-order valence-corrected chi connectivity index (χ3v) is 5.06. The number of halogens is 2. The Morgan fingerprint density at radius 3 is 2.56 bits per heavy atom. The number of carbonyl (C=O) groups excluding carboxylic acids is 2. The predicted molar refractivity (Wildman–Crippen MR) is 112 cm³/mol. The lowest BCUT2D eigenvalue weighted by Gasteiger charge is -2.23. The molecule has 2 amide bonds. The van der Waals surface area contributed by atoms with E-state index in [-0.39, 0.29) is 35.9 Å². The molecule has 164 valence electrons. The number of carbonyl (C=O) groups is 2. The Labute approximate surface area is 181 Å². The first-order chi connectivity index (χ1) is 15.2. The first-order valence-corrected chi connectivity index (χ1v) is 9.68. The number of nitrogens with zero attached hydrogens (tertiary/aromatic N) is 4. The molecule has 1 aliphatic heterocycles. The Kier molecular flexibility index (Phi) is 5.39. The fourth-order valence-electron chi connectivity index (χ4n) is 3.69. The van der Waals surface area contributed by atoms with Crippen LogP contribution in [0.3, 0.4) is 0 Å². The second kappa shape index (κ2) is 8.17. The minimum atomic E-state index is -0.883. The van der Waals surface area contributed by atoms with Gasteiger partial charge in [-0.05, 0) is 48.7 Å². The van der Waals surface area contributed by atoms with Gasteiger partial charge in [0.1, 0.15) is 11.6 Å². The third-order valence-electron chi connectivity index (χ3n) is 5.06. The maximum atomic E-state index is 14.2. The summed E-state index contributed by atoms with van der Waals surface area (Å²) in [5.41, 5.74) is 12.4. The summed E-state index contributed by atoms with van der Waals surface area (Å²) in [7, 11) is 0. The topological polar surface area (TPSA) is 140 Å². The number of nitrogens with one attached hydrogen (secondary N) is 1. The molecule has 2 heterocycles. The van der Waals surface area contributed by atoms with Crippen molar-refractivity contribution in [2.24, 2.45) is 11.5 Å². The van der Waals surface area contributed by atoms with Crippen LogP contribution in [0.15, 0.2) is 36.4 Å². The maximum Gasteiger partial charge on any atom is 0.286 e. The fourth-order valence-corrected chi connectivity index (χ4v) is 3.69. The Hall–Kier alpha value is -4.15. The molecule has 0 saturated heterocycles. The zero-order chi connectivity index (χ0) is 23.0. The summed E-state index contributed by atoms with van der Waals surface area (Å²) in [6.45, 7) is 2.00. The van der Waals surface area contributed by atoms with Gasteiger partial charge in [0.15, 0.2) is 0 Å². The molecule has 0 radical (unpaired) electrons. The maximum absolute atomic E-state index is 14.2. The fraction of sp³-hybridized carbons (Fsp3) is 0.190.